The number of rotatable bonds is 6. The molecule has 1 aliphatic carbocycles. The fourth-order valence-electron chi connectivity index (χ4n) is 3.28. The van der Waals surface area contributed by atoms with Crippen LogP contribution in [0.4, 0.5) is 0 Å². The van der Waals surface area contributed by atoms with E-state index < -0.39 is 0 Å². The van der Waals surface area contributed by atoms with Gasteiger partial charge < -0.3 is 4.57 Å². The molecule has 2 atom stereocenters. The van der Waals surface area contributed by atoms with Crippen LogP contribution in [0.1, 0.15) is 44.9 Å². The average molecular weight is 277 g/mol. The molecular weight excluding hydrogens is 250 g/mol. The van der Waals surface area contributed by atoms with Gasteiger partial charge in [0.2, 0.25) is 0 Å². The van der Waals surface area contributed by atoms with Gasteiger partial charge in [-0.05, 0) is 25.8 Å². The number of hydrogen-bond acceptors (Lipinski definition) is 3. The third kappa shape index (κ3) is 3.92. The number of nitrogens with zero attached hydrogens (tertiary/aromatic N) is 3. The quantitative estimate of drug-likeness (QED) is 0.802. The second-order valence-electron chi connectivity index (χ2n) is 6.24. The first-order chi connectivity index (χ1) is 9.60. The lowest BCUT2D eigenvalue weighted by atomic mass is 9.78. The molecule has 2 unspecified atom stereocenters. The highest BCUT2D eigenvalue weighted by atomic mass is 16.1. The van der Waals surface area contributed by atoms with E-state index in [0.717, 1.165) is 44.1 Å². The molecule has 4 nitrogen and oxygen atoms in total. The molecule has 1 heterocycles. The van der Waals surface area contributed by atoms with Gasteiger partial charge in [-0.2, -0.15) is 0 Å². The second-order valence-corrected chi connectivity index (χ2v) is 6.24. The maximum absolute atomic E-state index is 12.1. The molecule has 112 valence electrons. The van der Waals surface area contributed by atoms with Crippen LogP contribution < -0.4 is 0 Å². The van der Waals surface area contributed by atoms with E-state index in [4.69, 9.17) is 0 Å². The lowest BCUT2D eigenvalue weighted by molar-refractivity contribution is -0.126. The van der Waals surface area contributed by atoms with E-state index in [2.05, 4.69) is 23.9 Å². The fraction of sp³-hybridized carbons (Fsp3) is 0.750. The van der Waals surface area contributed by atoms with Gasteiger partial charge >= 0.3 is 0 Å². The Balaban J connectivity index is 1.87. The smallest absolute Gasteiger partial charge is 0.137 e. The molecule has 1 aromatic rings. The van der Waals surface area contributed by atoms with Crippen molar-refractivity contribution in [3.8, 4) is 0 Å². The molecule has 0 spiro atoms. The van der Waals surface area contributed by atoms with Gasteiger partial charge in [-0.1, -0.05) is 19.8 Å². The molecule has 1 aromatic heterocycles. The molecule has 1 aliphatic rings. The Labute approximate surface area is 122 Å². The molecular formula is C16H27N3O. The molecule has 1 saturated carbocycles. The van der Waals surface area contributed by atoms with Gasteiger partial charge in [0, 0.05) is 38.3 Å². The fourth-order valence-corrected chi connectivity index (χ4v) is 3.28. The number of aromatic nitrogens is 2. The van der Waals surface area contributed by atoms with Crippen LogP contribution in [-0.4, -0.2) is 33.8 Å². The highest BCUT2D eigenvalue weighted by molar-refractivity contribution is 5.81. The van der Waals surface area contributed by atoms with Gasteiger partial charge in [0.1, 0.15) is 11.6 Å². The van der Waals surface area contributed by atoms with Crippen molar-refractivity contribution in [3.63, 3.8) is 0 Å². The van der Waals surface area contributed by atoms with Gasteiger partial charge in [-0.25, -0.2) is 4.98 Å². The average Bonchev–Trinajstić information content (AvgIpc) is 2.79. The van der Waals surface area contributed by atoms with Crippen molar-refractivity contribution in [1.82, 2.24) is 14.5 Å². The molecule has 0 amide bonds. The van der Waals surface area contributed by atoms with E-state index in [0.29, 0.717) is 5.78 Å². The maximum Gasteiger partial charge on any atom is 0.137 e. The van der Waals surface area contributed by atoms with Gasteiger partial charge in [-0.15, -0.1) is 0 Å². The number of carbonyl (C=O) groups is 1. The third-order valence-corrected chi connectivity index (χ3v) is 4.43. The van der Waals surface area contributed by atoms with Crippen LogP contribution in [0.25, 0.3) is 0 Å². The second kappa shape index (κ2) is 7.02. The van der Waals surface area contributed by atoms with Crippen LogP contribution in [-0.2, 0) is 18.4 Å². The Kier molecular flexibility index (Phi) is 5.35. The molecule has 4 heteroatoms. The summed E-state index contributed by atoms with van der Waals surface area (Å²) in [5, 5.41) is 0. The van der Waals surface area contributed by atoms with Crippen LogP contribution in [0.2, 0.25) is 0 Å². The standard InChI is InChI=1S/C16H27N3O/c1-4-5-13-6-7-15(20)14(10-13)11-18(2)12-16-17-8-9-19(16)3/h8-9,13-14H,4-7,10-12H2,1-3H3. The minimum atomic E-state index is 0.227. The zero-order valence-electron chi connectivity index (χ0n) is 13.0. The van der Waals surface area contributed by atoms with Crippen LogP contribution in [0.5, 0.6) is 0 Å². The van der Waals surface area contributed by atoms with Gasteiger partial charge in [-0.3, -0.25) is 9.69 Å². The van der Waals surface area contributed by atoms with Crippen molar-refractivity contribution in [1.29, 1.82) is 0 Å². The monoisotopic (exact) mass is 277 g/mol. The third-order valence-electron chi connectivity index (χ3n) is 4.43. The Morgan fingerprint density at radius 3 is 2.95 bits per heavy atom. The van der Waals surface area contributed by atoms with Crippen molar-refractivity contribution in [2.24, 2.45) is 18.9 Å². The molecule has 0 radical (unpaired) electrons. The first kappa shape index (κ1) is 15.2. The molecule has 0 bridgehead atoms. The zero-order valence-corrected chi connectivity index (χ0v) is 13.0. The van der Waals surface area contributed by atoms with Crippen molar-refractivity contribution in [2.75, 3.05) is 13.6 Å². The topological polar surface area (TPSA) is 38.1 Å². The lowest BCUT2D eigenvalue weighted by Crippen LogP contribution is -2.35. The van der Waals surface area contributed by atoms with E-state index in [1.807, 2.05) is 24.0 Å². The number of imidazole rings is 1. The van der Waals surface area contributed by atoms with E-state index >= 15 is 0 Å². The summed E-state index contributed by atoms with van der Waals surface area (Å²) in [4.78, 5) is 18.7. The Morgan fingerprint density at radius 2 is 2.30 bits per heavy atom. The molecule has 20 heavy (non-hydrogen) atoms. The summed E-state index contributed by atoms with van der Waals surface area (Å²) in [7, 11) is 4.10. The van der Waals surface area contributed by atoms with Gasteiger partial charge in [0.25, 0.3) is 0 Å². The van der Waals surface area contributed by atoms with Crippen LogP contribution >= 0.6 is 0 Å². The normalized spacial score (nSPS) is 23.5. The van der Waals surface area contributed by atoms with Crippen LogP contribution in [0.3, 0.4) is 0 Å². The number of aryl methyl sites for hydroxylation is 1. The van der Waals surface area contributed by atoms with E-state index in [1.165, 1.54) is 12.8 Å². The Morgan fingerprint density at radius 1 is 1.50 bits per heavy atom. The summed E-state index contributed by atoms with van der Waals surface area (Å²) >= 11 is 0. The number of carbonyl (C=O) groups excluding carboxylic acids is 1. The van der Waals surface area contributed by atoms with Gasteiger partial charge in [0.05, 0.1) is 6.54 Å². The number of ketones is 1. The number of hydrogen-bond donors (Lipinski definition) is 0. The highest BCUT2D eigenvalue weighted by Crippen LogP contribution is 2.30. The molecule has 0 saturated heterocycles. The van der Waals surface area contributed by atoms with Crippen molar-refractivity contribution < 1.29 is 4.79 Å². The largest absolute Gasteiger partial charge is 0.337 e. The number of Topliss-reactive ketones (excluding diaryl/α,β-unsaturated/α-hetero) is 1. The maximum atomic E-state index is 12.1. The van der Waals surface area contributed by atoms with Crippen molar-refractivity contribution in [2.45, 2.75) is 45.6 Å². The van der Waals surface area contributed by atoms with E-state index in [1.54, 1.807) is 0 Å². The highest BCUT2D eigenvalue weighted by Gasteiger charge is 2.29. The Bertz CT molecular complexity index is 441. The van der Waals surface area contributed by atoms with Crippen molar-refractivity contribution in [3.05, 3.63) is 18.2 Å². The molecule has 2 rings (SSSR count). The minimum Gasteiger partial charge on any atom is -0.337 e. The first-order valence-corrected chi connectivity index (χ1v) is 7.77. The molecule has 1 fully saturated rings. The van der Waals surface area contributed by atoms with E-state index in [9.17, 15) is 4.79 Å². The predicted octanol–water partition coefficient (Wildman–Crippen LogP) is 2.64. The summed E-state index contributed by atoms with van der Waals surface area (Å²) in [5.74, 6) is 2.50. The molecule has 0 aliphatic heterocycles. The Hall–Kier alpha value is -1.16. The molecule has 0 N–H and O–H groups in total. The van der Waals surface area contributed by atoms with Crippen LogP contribution in [0.15, 0.2) is 12.4 Å². The zero-order chi connectivity index (χ0) is 14.5. The first-order valence-electron chi connectivity index (χ1n) is 7.77. The lowest BCUT2D eigenvalue weighted by Gasteiger charge is -2.30. The van der Waals surface area contributed by atoms with Crippen molar-refractivity contribution >= 4 is 5.78 Å². The minimum absolute atomic E-state index is 0.227. The summed E-state index contributed by atoms with van der Waals surface area (Å²) < 4.78 is 2.04. The SMILES string of the molecule is CCCC1CCC(=O)C(CN(C)Cc2nccn2C)C1. The molecule has 0 aromatic carbocycles. The van der Waals surface area contributed by atoms with Gasteiger partial charge in [0.15, 0.2) is 0 Å². The van der Waals surface area contributed by atoms with E-state index in [-0.39, 0.29) is 5.92 Å². The summed E-state index contributed by atoms with van der Waals surface area (Å²) in [5.41, 5.74) is 0. The summed E-state index contributed by atoms with van der Waals surface area (Å²) in [6.45, 7) is 3.91. The summed E-state index contributed by atoms with van der Waals surface area (Å²) in [6, 6.07) is 0. The predicted molar refractivity (Wildman–Crippen MR) is 80.3 cm³/mol. The summed E-state index contributed by atoms with van der Waals surface area (Å²) in [6.07, 6.45) is 9.26. The van der Waals surface area contributed by atoms with Crippen LogP contribution in [0, 0.1) is 11.8 Å².